The molecule has 0 spiro atoms. The second-order valence-electron chi connectivity index (χ2n) is 6.43. The van der Waals surface area contributed by atoms with Gasteiger partial charge in [0, 0.05) is 36.8 Å². The first-order valence-corrected chi connectivity index (χ1v) is 10.9. The number of ether oxygens (including phenoxy) is 1. The van der Waals surface area contributed by atoms with E-state index in [0.717, 1.165) is 11.4 Å². The Morgan fingerprint density at radius 1 is 1.19 bits per heavy atom. The van der Waals surface area contributed by atoms with Crippen molar-refractivity contribution in [3.05, 3.63) is 53.2 Å². The van der Waals surface area contributed by atoms with Crippen LogP contribution in [0.25, 0.3) is 0 Å². The molecule has 0 saturated carbocycles. The number of rotatable bonds is 7. The lowest BCUT2D eigenvalue weighted by Gasteiger charge is -2.25. The van der Waals surface area contributed by atoms with Crippen molar-refractivity contribution in [3.63, 3.8) is 0 Å². The number of benzene rings is 1. The number of hydrogen-bond acceptors (Lipinski definition) is 5. The number of sulfonamides is 1. The van der Waals surface area contributed by atoms with Crippen LogP contribution < -0.4 is 5.32 Å². The fourth-order valence-corrected chi connectivity index (χ4v) is 4.51. The summed E-state index contributed by atoms with van der Waals surface area (Å²) in [5, 5.41) is 4.02. The molecule has 1 aliphatic heterocycles. The molecule has 0 bridgehead atoms. The molecule has 146 valence electrons. The van der Waals surface area contributed by atoms with Crippen LogP contribution in [-0.4, -0.2) is 50.6 Å². The van der Waals surface area contributed by atoms with Crippen LogP contribution in [0, 0.1) is 0 Å². The second-order valence-corrected chi connectivity index (χ2v) is 8.81. The lowest BCUT2D eigenvalue weighted by atomic mass is 9.96. The molecule has 0 radical (unpaired) electrons. The Balaban J connectivity index is 1.64. The third-order valence-corrected chi connectivity index (χ3v) is 6.84. The molecular formula is C19H24ClN3O3S. The molecule has 1 aromatic carbocycles. The summed E-state index contributed by atoms with van der Waals surface area (Å²) in [5.41, 5.74) is 1.21. The third-order valence-electron chi connectivity index (χ3n) is 4.71. The smallest absolute Gasteiger partial charge is 0.244 e. The quantitative estimate of drug-likeness (QED) is 0.759. The molecule has 1 unspecified atom stereocenters. The van der Waals surface area contributed by atoms with E-state index in [1.54, 1.807) is 12.1 Å². The highest BCUT2D eigenvalue weighted by Gasteiger charge is 2.26. The second kappa shape index (κ2) is 9.01. The van der Waals surface area contributed by atoms with Crippen LogP contribution in [0.1, 0.15) is 24.8 Å². The van der Waals surface area contributed by atoms with Gasteiger partial charge in [0.2, 0.25) is 10.0 Å². The largest absolute Gasteiger partial charge is 0.379 e. The van der Waals surface area contributed by atoms with E-state index in [4.69, 9.17) is 16.3 Å². The van der Waals surface area contributed by atoms with Crippen LogP contribution in [-0.2, 0) is 14.8 Å². The Labute approximate surface area is 165 Å². The van der Waals surface area contributed by atoms with Gasteiger partial charge in [0.15, 0.2) is 0 Å². The summed E-state index contributed by atoms with van der Waals surface area (Å²) in [6, 6.07) is 11.2. The lowest BCUT2D eigenvalue weighted by molar-refractivity contribution is 0.0730. The SMILES string of the molecule is CCC(CNc1ccc(S(=O)(=O)N2CCOCC2)cn1)c1ccc(Cl)cc1. The van der Waals surface area contributed by atoms with Crippen molar-refractivity contribution >= 4 is 27.4 Å². The fraction of sp³-hybridized carbons (Fsp3) is 0.421. The van der Waals surface area contributed by atoms with Crippen LogP contribution in [0.4, 0.5) is 5.82 Å². The number of nitrogens with zero attached hydrogens (tertiary/aromatic N) is 2. The predicted molar refractivity (Wildman–Crippen MR) is 107 cm³/mol. The number of aromatic nitrogens is 1. The summed E-state index contributed by atoms with van der Waals surface area (Å²) in [6.45, 7) is 4.45. The van der Waals surface area contributed by atoms with E-state index in [1.165, 1.54) is 16.1 Å². The van der Waals surface area contributed by atoms with E-state index >= 15 is 0 Å². The van der Waals surface area contributed by atoms with Crippen molar-refractivity contribution < 1.29 is 13.2 Å². The maximum absolute atomic E-state index is 12.6. The van der Waals surface area contributed by atoms with E-state index in [1.807, 2.05) is 24.3 Å². The lowest BCUT2D eigenvalue weighted by Crippen LogP contribution is -2.40. The minimum Gasteiger partial charge on any atom is -0.379 e. The number of hydrogen-bond donors (Lipinski definition) is 1. The van der Waals surface area contributed by atoms with E-state index in [0.29, 0.717) is 44.6 Å². The van der Waals surface area contributed by atoms with E-state index < -0.39 is 10.0 Å². The van der Waals surface area contributed by atoms with Gasteiger partial charge in [0.05, 0.1) is 13.2 Å². The van der Waals surface area contributed by atoms with Crippen molar-refractivity contribution in [2.75, 3.05) is 38.2 Å². The molecule has 27 heavy (non-hydrogen) atoms. The van der Waals surface area contributed by atoms with Crippen molar-refractivity contribution in [2.24, 2.45) is 0 Å². The first-order valence-electron chi connectivity index (χ1n) is 9.04. The predicted octanol–water partition coefficient (Wildman–Crippen LogP) is 3.36. The van der Waals surface area contributed by atoms with Gasteiger partial charge in [0.25, 0.3) is 0 Å². The Morgan fingerprint density at radius 3 is 2.48 bits per heavy atom. The van der Waals surface area contributed by atoms with Crippen LogP contribution >= 0.6 is 11.6 Å². The van der Waals surface area contributed by atoms with E-state index in [9.17, 15) is 8.42 Å². The molecule has 1 saturated heterocycles. The highest BCUT2D eigenvalue weighted by Crippen LogP contribution is 2.23. The average Bonchev–Trinajstić information content (AvgIpc) is 2.71. The maximum atomic E-state index is 12.6. The van der Waals surface area contributed by atoms with Gasteiger partial charge in [-0.3, -0.25) is 0 Å². The van der Waals surface area contributed by atoms with Gasteiger partial charge in [-0.05, 0) is 36.2 Å². The Hall–Kier alpha value is -1.67. The highest BCUT2D eigenvalue weighted by atomic mass is 35.5. The van der Waals surface area contributed by atoms with Gasteiger partial charge < -0.3 is 10.1 Å². The Morgan fingerprint density at radius 2 is 1.89 bits per heavy atom. The fourth-order valence-electron chi connectivity index (χ4n) is 3.03. The molecule has 1 aliphatic rings. The molecule has 6 nitrogen and oxygen atoms in total. The van der Waals surface area contributed by atoms with Crippen LogP contribution in [0.5, 0.6) is 0 Å². The van der Waals surface area contributed by atoms with Gasteiger partial charge in [-0.15, -0.1) is 0 Å². The number of halogens is 1. The Bertz CT molecular complexity index is 836. The summed E-state index contributed by atoms with van der Waals surface area (Å²) in [5.74, 6) is 0.976. The number of pyridine rings is 1. The molecular weight excluding hydrogens is 386 g/mol. The summed E-state index contributed by atoms with van der Waals surface area (Å²) in [4.78, 5) is 4.49. The maximum Gasteiger partial charge on any atom is 0.244 e. The average molecular weight is 410 g/mol. The topological polar surface area (TPSA) is 71.5 Å². The molecule has 8 heteroatoms. The molecule has 1 aromatic heterocycles. The zero-order valence-electron chi connectivity index (χ0n) is 15.3. The highest BCUT2D eigenvalue weighted by molar-refractivity contribution is 7.89. The minimum absolute atomic E-state index is 0.208. The van der Waals surface area contributed by atoms with Gasteiger partial charge >= 0.3 is 0 Å². The van der Waals surface area contributed by atoms with Crippen molar-refractivity contribution in [2.45, 2.75) is 24.2 Å². The first kappa shape index (κ1) is 20.1. The summed E-state index contributed by atoms with van der Waals surface area (Å²) < 4.78 is 31.9. The number of nitrogens with one attached hydrogen (secondary N) is 1. The molecule has 0 amide bonds. The van der Waals surface area contributed by atoms with Crippen LogP contribution in [0.2, 0.25) is 5.02 Å². The molecule has 1 atom stereocenters. The summed E-state index contributed by atoms with van der Waals surface area (Å²) >= 11 is 5.96. The zero-order chi connectivity index (χ0) is 19.3. The molecule has 0 aliphatic carbocycles. The molecule has 1 fully saturated rings. The molecule has 2 heterocycles. The first-order chi connectivity index (χ1) is 13.0. The van der Waals surface area contributed by atoms with Gasteiger partial charge in [-0.1, -0.05) is 30.7 Å². The van der Waals surface area contributed by atoms with Crippen LogP contribution in [0.15, 0.2) is 47.5 Å². The van der Waals surface area contributed by atoms with Gasteiger partial charge in [-0.25, -0.2) is 13.4 Å². The third kappa shape index (κ3) is 4.99. The Kier molecular flexibility index (Phi) is 6.70. The van der Waals surface area contributed by atoms with Crippen LogP contribution in [0.3, 0.4) is 0 Å². The van der Waals surface area contributed by atoms with E-state index in [-0.39, 0.29) is 4.90 Å². The standard InChI is InChI=1S/C19H24ClN3O3S/c1-2-15(16-3-5-17(20)6-4-16)13-21-19-8-7-18(14-22-19)27(24,25)23-9-11-26-12-10-23/h3-8,14-15H,2,9-13H2,1H3,(H,21,22). The van der Waals surface area contributed by atoms with Gasteiger partial charge in [0.1, 0.15) is 10.7 Å². The summed E-state index contributed by atoms with van der Waals surface area (Å²) in [6.07, 6.45) is 2.38. The molecule has 3 rings (SSSR count). The minimum atomic E-state index is -3.51. The zero-order valence-corrected chi connectivity index (χ0v) is 16.8. The van der Waals surface area contributed by atoms with Crippen molar-refractivity contribution in [1.29, 1.82) is 0 Å². The summed E-state index contributed by atoms with van der Waals surface area (Å²) in [7, 11) is -3.51. The van der Waals surface area contributed by atoms with Gasteiger partial charge in [-0.2, -0.15) is 4.31 Å². The molecule has 1 N–H and O–H groups in total. The molecule has 2 aromatic rings. The number of morpholine rings is 1. The van der Waals surface area contributed by atoms with E-state index in [2.05, 4.69) is 17.2 Å². The van der Waals surface area contributed by atoms with Crippen molar-refractivity contribution in [3.8, 4) is 0 Å². The number of anilines is 1. The van der Waals surface area contributed by atoms with Crippen molar-refractivity contribution in [1.82, 2.24) is 9.29 Å². The monoisotopic (exact) mass is 409 g/mol. The normalized spacial score (nSPS) is 16.8.